The number of hydrogen-bond donors (Lipinski definition) is 4. The Balaban J connectivity index is 2.86. The van der Waals surface area contributed by atoms with E-state index in [0.29, 0.717) is 0 Å². The summed E-state index contributed by atoms with van der Waals surface area (Å²) in [5, 5.41) is 36.7. The predicted molar refractivity (Wildman–Crippen MR) is 45.6 cm³/mol. The molecule has 15 heavy (non-hydrogen) atoms. The van der Waals surface area contributed by atoms with Crippen molar-refractivity contribution < 1.29 is 34.7 Å². The predicted octanol–water partition coefficient (Wildman–Crippen LogP) is -2.65. The van der Waals surface area contributed by atoms with Crippen LogP contribution in [-0.2, 0) is 14.3 Å². The molecule has 0 aromatic heterocycles. The molecule has 1 saturated heterocycles. The van der Waals surface area contributed by atoms with Crippen LogP contribution in [0.1, 0.15) is 6.92 Å². The third kappa shape index (κ3) is 2.11. The van der Waals surface area contributed by atoms with Gasteiger partial charge in [-0.1, -0.05) is 0 Å². The van der Waals surface area contributed by atoms with Crippen LogP contribution < -0.4 is 0 Å². The molecule has 0 amide bonds. The van der Waals surface area contributed by atoms with Gasteiger partial charge in [-0.25, -0.2) is 0 Å². The van der Waals surface area contributed by atoms with Crippen molar-refractivity contribution in [2.24, 2.45) is 0 Å². The number of aliphatic hydroxyl groups is 4. The van der Waals surface area contributed by atoms with Crippen LogP contribution in [0, 0.1) is 0 Å². The van der Waals surface area contributed by atoms with Gasteiger partial charge in [-0.15, -0.1) is 0 Å². The zero-order valence-corrected chi connectivity index (χ0v) is 8.16. The van der Waals surface area contributed by atoms with Crippen LogP contribution in [0.5, 0.6) is 0 Å². The highest BCUT2D eigenvalue weighted by Gasteiger charge is 2.56. The van der Waals surface area contributed by atoms with E-state index >= 15 is 0 Å². The molecule has 0 bridgehead atoms. The fourth-order valence-electron chi connectivity index (χ4n) is 1.50. The highest BCUT2D eigenvalue weighted by molar-refractivity contribution is 5.66. The van der Waals surface area contributed by atoms with Crippen molar-refractivity contribution in [1.82, 2.24) is 0 Å². The number of aliphatic hydroxyl groups excluding tert-OH is 4. The van der Waals surface area contributed by atoms with Crippen LogP contribution in [0.25, 0.3) is 0 Å². The monoisotopic (exact) mass is 222 g/mol. The molecule has 1 unspecified atom stereocenters. The molecule has 4 N–H and O–H groups in total. The lowest BCUT2D eigenvalue weighted by Gasteiger charge is -2.28. The second kappa shape index (κ2) is 4.42. The van der Waals surface area contributed by atoms with Crippen molar-refractivity contribution in [2.75, 3.05) is 13.2 Å². The van der Waals surface area contributed by atoms with Gasteiger partial charge >= 0.3 is 5.97 Å². The second-order valence-electron chi connectivity index (χ2n) is 3.34. The molecule has 1 aliphatic rings. The van der Waals surface area contributed by atoms with Crippen molar-refractivity contribution in [1.29, 1.82) is 0 Å². The van der Waals surface area contributed by atoms with Gasteiger partial charge in [-0.2, -0.15) is 0 Å². The molecule has 1 fully saturated rings. The van der Waals surface area contributed by atoms with Crippen molar-refractivity contribution in [3.8, 4) is 0 Å². The molecule has 88 valence electrons. The molecule has 1 rings (SSSR count). The van der Waals surface area contributed by atoms with Crippen LogP contribution in [0.3, 0.4) is 0 Å². The van der Waals surface area contributed by atoms with E-state index in [1.165, 1.54) is 0 Å². The minimum atomic E-state index is -1.99. The summed E-state index contributed by atoms with van der Waals surface area (Å²) in [5.74, 6) is -2.76. The summed E-state index contributed by atoms with van der Waals surface area (Å²) >= 11 is 0. The number of esters is 1. The first-order chi connectivity index (χ1) is 6.96. The molecule has 1 aliphatic heterocycles. The Labute approximate surface area is 85.9 Å². The maximum atomic E-state index is 10.7. The SMILES string of the molecule is CC(=O)OC1(CO)O[C@H](CO)[C@@H](O)[C@@H]1O. The van der Waals surface area contributed by atoms with Gasteiger partial charge < -0.3 is 29.9 Å². The third-order valence-electron chi connectivity index (χ3n) is 2.22. The van der Waals surface area contributed by atoms with Crippen molar-refractivity contribution in [3.05, 3.63) is 0 Å². The molecule has 4 atom stereocenters. The van der Waals surface area contributed by atoms with Gasteiger partial charge in [0, 0.05) is 6.92 Å². The highest BCUT2D eigenvalue weighted by Crippen LogP contribution is 2.32. The zero-order valence-electron chi connectivity index (χ0n) is 8.16. The first-order valence-corrected chi connectivity index (χ1v) is 4.42. The normalized spacial score (nSPS) is 40.5. The molecule has 0 aliphatic carbocycles. The molecule has 0 aromatic carbocycles. The van der Waals surface area contributed by atoms with Crippen LogP contribution in [-0.4, -0.2) is 63.7 Å². The summed E-state index contributed by atoms with van der Waals surface area (Å²) in [6.45, 7) is -0.283. The molecule has 0 radical (unpaired) electrons. The Bertz CT molecular complexity index is 243. The fraction of sp³-hybridized carbons (Fsp3) is 0.875. The quantitative estimate of drug-likeness (QED) is 0.385. The van der Waals surface area contributed by atoms with E-state index in [4.69, 9.17) is 14.9 Å². The summed E-state index contributed by atoms with van der Waals surface area (Å²) in [5.41, 5.74) is 0. The van der Waals surface area contributed by atoms with E-state index < -0.39 is 43.3 Å². The Morgan fingerprint density at radius 2 is 2.07 bits per heavy atom. The smallest absolute Gasteiger partial charge is 0.305 e. The number of hydrogen-bond acceptors (Lipinski definition) is 7. The van der Waals surface area contributed by atoms with Gasteiger partial charge in [0.05, 0.1) is 6.61 Å². The van der Waals surface area contributed by atoms with E-state index in [0.717, 1.165) is 6.92 Å². The molecular formula is C8H14O7. The molecule has 7 nitrogen and oxygen atoms in total. The lowest BCUT2D eigenvalue weighted by molar-refractivity contribution is -0.263. The molecule has 0 aromatic rings. The van der Waals surface area contributed by atoms with E-state index in [1.54, 1.807) is 0 Å². The van der Waals surface area contributed by atoms with Gasteiger partial charge in [-0.3, -0.25) is 4.79 Å². The van der Waals surface area contributed by atoms with Crippen LogP contribution in [0.15, 0.2) is 0 Å². The molecule has 7 heteroatoms. The van der Waals surface area contributed by atoms with Gasteiger partial charge in [0.25, 0.3) is 5.79 Å². The Kier molecular flexibility index (Phi) is 3.63. The van der Waals surface area contributed by atoms with Crippen molar-refractivity contribution >= 4 is 5.97 Å². The Hall–Kier alpha value is -0.730. The minimum absolute atomic E-state index is 0.554. The standard InChI is InChI=1S/C8H14O7/c1-4(11)14-8(3-10)7(13)6(12)5(2-9)15-8/h5-7,9-10,12-13H,2-3H2,1H3/t5-,6-,7+,8?/m1/s1. The Morgan fingerprint density at radius 1 is 1.47 bits per heavy atom. The Morgan fingerprint density at radius 3 is 2.40 bits per heavy atom. The molecule has 0 spiro atoms. The van der Waals surface area contributed by atoms with E-state index in [2.05, 4.69) is 4.74 Å². The van der Waals surface area contributed by atoms with Crippen molar-refractivity contribution in [2.45, 2.75) is 31.0 Å². The number of carbonyl (C=O) groups is 1. The zero-order chi connectivity index (χ0) is 11.6. The van der Waals surface area contributed by atoms with E-state index in [-0.39, 0.29) is 0 Å². The largest absolute Gasteiger partial charge is 0.428 e. The topological polar surface area (TPSA) is 116 Å². The van der Waals surface area contributed by atoms with Crippen LogP contribution in [0.4, 0.5) is 0 Å². The van der Waals surface area contributed by atoms with Crippen molar-refractivity contribution in [3.63, 3.8) is 0 Å². The fourth-order valence-corrected chi connectivity index (χ4v) is 1.50. The van der Waals surface area contributed by atoms with Gasteiger partial charge in [-0.05, 0) is 0 Å². The number of ether oxygens (including phenoxy) is 2. The van der Waals surface area contributed by atoms with E-state index in [9.17, 15) is 15.0 Å². The van der Waals surface area contributed by atoms with Gasteiger partial charge in [0.15, 0.2) is 6.10 Å². The maximum Gasteiger partial charge on any atom is 0.305 e. The average molecular weight is 222 g/mol. The third-order valence-corrected chi connectivity index (χ3v) is 2.22. The van der Waals surface area contributed by atoms with Crippen LogP contribution in [0.2, 0.25) is 0 Å². The lowest BCUT2D eigenvalue weighted by atomic mass is 10.1. The highest BCUT2D eigenvalue weighted by atomic mass is 16.8. The average Bonchev–Trinajstić information content (AvgIpc) is 2.42. The molecular weight excluding hydrogens is 208 g/mol. The summed E-state index contributed by atoms with van der Waals surface area (Å²) < 4.78 is 9.57. The van der Waals surface area contributed by atoms with Gasteiger partial charge in [0.2, 0.25) is 0 Å². The summed E-state index contributed by atoms with van der Waals surface area (Å²) in [7, 11) is 0. The molecule has 0 saturated carbocycles. The lowest BCUT2D eigenvalue weighted by Crippen LogP contribution is -2.49. The van der Waals surface area contributed by atoms with Gasteiger partial charge in [0.1, 0.15) is 18.8 Å². The van der Waals surface area contributed by atoms with Crippen LogP contribution >= 0.6 is 0 Å². The van der Waals surface area contributed by atoms with E-state index in [1.807, 2.05) is 0 Å². The molecule has 1 heterocycles. The number of carbonyl (C=O) groups excluding carboxylic acids is 1. The minimum Gasteiger partial charge on any atom is -0.428 e. The summed E-state index contributed by atoms with van der Waals surface area (Å²) in [6, 6.07) is 0. The summed E-state index contributed by atoms with van der Waals surface area (Å²) in [6.07, 6.45) is -4.10. The second-order valence-corrected chi connectivity index (χ2v) is 3.34. The first kappa shape index (κ1) is 12.3. The maximum absolute atomic E-state index is 10.7. The first-order valence-electron chi connectivity index (χ1n) is 4.42. The number of rotatable bonds is 3. The summed E-state index contributed by atoms with van der Waals surface area (Å²) in [4.78, 5) is 10.7.